The number of nitriles is 1. The van der Waals surface area contributed by atoms with E-state index >= 15 is 0 Å². The maximum atomic E-state index is 13.8. The van der Waals surface area contributed by atoms with E-state index < -0.39 is 35.0 Å². The van der Waals surface area contributed by atoms with Crippen molar-refractivity contribution in [3.8, 4) is 6.07 Å². The molecule has 2 aromatic rings. The molecule has 0 spiro atoms. The summed E-state index contributed by atoms with van der Waals surface area (Å²) in [5.41, 5.74) is 4.92. The van der Waals surface area contributed by atoms with E-state index in [2.05, 4.69) is 21.8 Å². The number of hydrogen-bond acceptors (Lipinski definition) is 5. The Bertz CT molecular complexity index is 1020. The molecule has 9 nitrogen and oxygen atoms in total. The number of nitrogens with zero attached hydrogens (tertiary/aromatic N) is 3. The van der Waals surface area contributed by atoms with Crippen LogP contribution in [-0.4, -0.2) is 40.1 Å². The highest BCUT2D eigenvalue weighted by Gasteiger charge is 2.34. The number of aromatic nitrogens is 2. The number of aryl methyl sites for hydroxylation is 1. The van der Waals surface area contributed by atoms with Crippen LogP contribution < -0.4 is 16.4 Å². The van der Waals surface area contributed by atoms with Crippen LogP contribution in [0.3, 0.4) is 0 Å². The first-order valence-corrected chi connectivity index (χ1v) is 9.94. The van der Waals surface area contributed by atoms with E-state index in [1.54, 1.807) is 20.8 Å². The maximum absolute atomic E-state index is 13.8. The van der Waals surface area contributed by atoms with Gasteiger partial charge in [-0.25, -0.2) is 4.39 Å². The van der Waals surface area contributed by atoms with Gasteiger partial charge >= 0.3 is 0 Å². The van der Waals surface area contributed by atoms with Gasteiger partial charge in [0, 0.05) is 18.4 Å². The Hall–Kier alpha value is -3.48. The lowest BCUT2D eigenvalue weighted by molar-refractivity contribution is -0.128. The number of hydrogen-bond donors (Lipinski definition) is 3. The Morgan fingerprint density at radius 3 is 2.61 bits per heavy atom. The summed E-state index contributed by atoms with van der Waals surface area (Å²) < 4.78 is 15.3. The molecule has 2 rings (SSSR count). The summed E-state index contributed by atoms with van der Waals surface area (Å²) in [6.45, 7) is 5.37. The minimum atomic E-state index is -0.962. The van der Waals surface area contributed by atoms with Crippen LogP contribution in [0.1, 0.15) is 50.5 Å². The standard InChI is InChI=1S/C21H27FN6O3/c1-21(2,3)18(20(31)25-12-16(24)29)26-19(30)17-14-8-7-13(22)11-15(14)28(27-17)10-6-4-5-9-23/h7-8,11,18H,4-6,10,12H2,1-3H3,(H2,24,29)(H,25,31)(H,26,30). The number of amides is 3. The zero-order valence-electron chi connectivity index (χ0n) is 17.9. The molecule has 1 aromatic heterocycles. The summed E-state index contributed by atoms with van der Waals surface area (Å²) >= 11 is 0. The summed E-state index contributed by atoms with van der Waals surface area (Å²) in [5, 5.41) is 18.6. The smallest absolute Gasteiger partial charge is 0.273 e. The summed E-state index contributed by atoms with van der Waals surface area (Å²) in [7, 11) is 0. The molecule has 0 bridgehead atoms. The lowest BCUT2D eigenvalue weighted by Crippen LogP contribution is -2.54. The molecule has 0 saturated heterocycles. The molecule has 0 aliphatic heterocycles. The first-order chi connectivity index (χ1) is 14.5. The second kappa shape index (κ2) is 10.0. The van der Waals surface area contributed by atoms with Gasteiger partial charge in [0.15, 0.2) is 5.69 Å². The van der Waals surface area contributed by atoms with E-state index in [4.69, 9.17) is 11.0 Å². The van der Waals surface area contributed by atoms with E-state index in [0.29, 0.717) is 36.7 Å². The highest BCUT2D eigenvalue weighted by Crippen LogP contribution is 2.23. The van der Waals surface area contributed by atoms with Crippen LogP contribution in [0.15, 0.2) is 18.2 Å². The third-order valence-electron chi connectivity index (χ3n) is 4.68. The fraction of sp³-hybridized carbons (Fsp3) is 0.476. The lowest BCUT2D eigenvalue weighted by atomic mass is 9.86. The molecule has 3 amide bonds. The van der Waals surface area contributed by atoms with Crippen LogP contribution in [-0.2, 0) is 16.1 Å². The van der Waals surface area contributed by atoms with Crippen LogP contribution in [0, 0.1) is 22.6 Å². The number of rotatable bonds is 9. The van der Waals surface area contributed by atoms with Crippen molar-refractivity contribution >= 4 is 28.6 Å². The monoisotopic (exact) mass is 430 g/mol. The van der Waals surface area contributed by atoms with Crippen LogP contribution in [0.25, 0.3) is 10.9 Å². The molecule has 0 saturated carbocycles. The molecule has 10 heteroatoms. The molecule has 166 valence electrons. The summed E-state index contributed by atoms with van der Waals surface area (Å²) in [6, 6.07) is 5.11. The van der Waals surface area contributed by atoms with Crippen LogP contribution in [0.2, 0.25) is 0 Å². The Kier molecular flexibility index (Phi) is 7.69. The molecule has 0 aliphatic carbocycles. The number of benzene rings is 1. The highest BCUT2D eigenvalue weighted by molar-refractivity contribution is 6.06. The van der Waals surface area contributed by atoms with Gasteiger partial charge in [-0.05, 0) is 36.5 Å². The van der Waals surface area contributed by atoms with Crippen molar-refractivity contribution in [1.82, 2.24) is 20.4 Å². The molecular formula is C21H27FN6O3. The van der Waals surface area contributed by atoms with E-state index in [-0.39, 0.29) is 12.2 Å². The third-order valence-corrected chi connectivity index (χ3v) is 4.68. The highest BCUT2D eigenvalue weighted by atomic mass is 19.1. The minimum absolute atomic E-state index is 0.0623. The largest absolute Gasteiger partial charge is 0.368 e. The Balaban J connectivity index is 2.32. The second-order valence-corrected chi connectivity index (χ2v) is 8.31. The Labute approximate surface area is 179 Å². The van der Waals surface area contributed by atoms with Crippen molar-refractivity contribution in [2.24, 2.45) is 11.1 Å². The van der Waals surface area contributed by atoms with Crippen molar-refractivity contribution in [3.63, 3.8) is 0 Å². The predicted molar refractivity (Wildman–Crippen MR) is 112 cm³/mol. The molecule has 1 atom stereocenters. The Morgan fingerprint density at radius 1 is 1.29 bits per heavy atom. The molecule has 0 fully saturated rings. The van der Waals surface area contributed by atoms with Crippen LogP contribution in [0.4, 0.5) is 4.39 Å². The van der Waals surface area contributed by atoms with Gasteiger partial charge in [-0.15, -0.1) is 0 Å². The summed E-state index contributed by atoms with van der Waals surface area (Å²) in [5.74, 6) is -2.31. The molecular weight excluding hydrogens is 403 g/mol. The maximum Gasteiger partial charge on any atom is 0.273 e. The van der Waals surface area contributed by atoms with Crippen molar-refractivity contribution in [1.29, 1.82) is 5.26 Å². The average molecular weight is 430 g/mol. The SMILES string of the molecule is CC(C)(C)C(NC(=O)c1nn(CCCCC#N)c2cc(F)ccc12)C(=O)NCC(N)=O. The van der Waals surface area contributed by atoms with Gasteiger partial charge in [-0.3, -0.25) is 19.1 Å². The minimum Gasteiger partial charge on any atom is -0.368 e. The van der Waals surface area contributed by atoms with E-state index in [1.165, 1.54) is 22.9 Å². The van der Waals surface area contributed by atoms with Gasteiger partial charge in [-0.2, -0.15) is 10.4 Å². The number of nitrogens with one attached hydrogen (secondary N) is 2. The van der Waals surface area contributed by atoms with E-state index in [1.807, 2.05) is 0 Å². The molecule has 0 aliphatic rings. The molecule has 0 radical (unpaired) electrons. The predicted octanol–water partition coefficient (Wildman–Crippen LogP) is 1.62. The fourth-order valence-corrected chi connectivity index (χ4v) is 3.10. The molecule has 1 heterocycles. The van der Waals surface area contributed by atoms with Crippen molar-refractivity contribution in [3.05, 3.63) is 29.7 Å². The van der Waals surface area contributed by atoms with E-state index in [9.17, 15) is 18.8 Å². The third kappa shape index (κ3) is 6.25. The number of halogens is 1. The van der Waals surface area contributed by atoms with Gasteiger partial charge in [0.1, 0.15) is 11.9 Å². The topological polar surface area (TPSA) is 143 Å². The van der Waals surface area contributed by atoms with E-state index in [0.717, 1.165) is 0 Å². The van der Waals surface area contributed by atoms with Gasteiger partial charge in [0.25, 0.3) is 5.91 Å². The number of fused-ring (bicyclic) bond motifs is 1. The van der Waals surface area contributed by atoms with Crippen LogP contribution in [0.5, 0.6) is 0 Å². The van der Waals surface area contributed by atoms with Gasteiger partial charge in [0.05, 0.1) is 18.1 Å². The van der Waals surface area contributed by atoms with Crippen molar-refractivity contribution in [2.45, 2.75) is 52.6 Å². The van der Waals surface area contributed by atoms with Gasteiger partial charge in [-0.1, -0.05) is 20.8 Å². The summed E-state index contributed by atoms with van der Waals surface area (Å²) in [4.78, 5) is 36.6. The van der Waals surface area contributed by atoms with Gasteiger partial charge in [0.2, 0.25) is 11.8 Å². The molecule has 1 aromatic carbocycles. The number of unbranched alkanes of at least 4 members (excludes halogenated alkanes) is 2. The van der Waals surface area contributed by atoms with Gasteiger partial charge < -0.3 is 16.4 Å². The first kappa shape index (κ1) is 23.8. The first-order valence-electron chi connectivity index (χ1n) is 9.94. The van der Waals surface area contributed by atoms with Crippen molar-refractivity contribution < 1.29 is 18.8 Å². The Morgan fingerprint density at radius 2 is 2.00 bits per heavy atom. The number of carbonyl (C=O) groups excluding carboxylic acids is 3. The average Bonchev–Trinajstić information content (AvgIpc) is 3.04. The lowest BCUT2D eigenvalue weighted by Gasteiger charge is -2.30. The second-order valence-electron chi connectivity index (χ2n) is 8.31. The quantitative estimate of drug-likeness (QED) is 0.518. The molecule has 1 unspecified atom stereocenters. The number of carbonyl (C=O) groups is 3. The van der Waals surface area contributed by atoms with Crippen molar-refractivity contribution in [2.75, 3.05) is 6.54 Å². The number of primary amides is 1. The summed E-state index contributed by atoms with van der Waals surface area (Å²) in [6.07, 6.45) is 1.69. The van der Waals surface area contributed by atoms with Crippen LogP contribution >= 0.6 is 0 Å². The number of nitrogens with two attached hydrogens (primary N) is 1. The fourth-order valence-electron chi connectivity index (χ4n) is 3.10. The zero-order chi connectivity index (χ0) is 23.2. The zero-order valence-corrected chi connectivity index (χ0v) is 17.9. The normalized spacial score (nSPS) is 12.2. The molecule has 4 N–H and O–H groups in total. The molecule has 31 heavy (non-hydrogen) atoms.